The number of aromatic nitrogens is 2. The summed E-state index contributed by atoms with van der Waals surface area (Å²) in [6.07, 6.45) is 12.4. The van der Waals surface area contributed by atoms with Gasteiger partial charge in [0.15, 0.2) is 0 Å². The van der Waals surface area contributed by atoms with Crippen molar-refractivity contribution in [3.05, 3.63) is 101 Å². The first-order valence-corrected chi connectivity index (χ1v) is 14.7. The van der Waals surface area contributed by atoms with Gasteiger partial charge in [-0.05, 0) is 107 Å². The van der Waals surface area contributed by atoms with Crippen molar-refractivity contribution in [1.82, 2.24) is 19.8 Å². The van der Waals surface area contributed by atoms with Crippen LogP contribution in [-0.2, 0) is 22.5 Å². The van der Waals surface area contributed by atoms with Crippen LogP contribution in [0.25, 0.3) is 11.3 Å². The maximum atomic E-state index is 12.4. The normalized spacial score (nSPS) is 15.9. The van der Waals surface area contributed by atoms with Crippen molar-refractivity contribution in [3.8, 4) is 5.69 Å². The molecular weight excluding hydrogens is 540 g/mol. The van der Waals surface area contributed by atoms with Crippen LogP contribution in [0, 0.1) is 13.8 Å². The maximum Gasteiger partial charge on any atom is 0.407 e. The van der Waals surface area contributed by atoms with Crippen molar-refractivity contribution in [3.63, 3.8) is 0 Å². The molecule has 1 fully saturated rings. The molecule has 5 N–H and O–H groups in total. The van der Waals surface area contributed by atoms with Crippen molar-refractivity contribution in [2.75, 3.05) is 13.1 Å². The van der Waals surface area contributed by atoms with Gasteiger partial charge in [0.25, 0.3) is 0 Å². The second-order valence-corrected chi connectivity index (χ2v) is 11.9. The number of hydrogen-bond acceptors (Lipinski definition) is 6. The summed E-state index contributed by atoms with van der Waals surface area (Å²) < 4.78 is 7.56. The highest BCUT2D eigenvalue weighted by Gasteiger charge is 2.24. The molecule has 2 aromatic carbocycles. The number of benzene rings is 2. The average Bonchev–Trinajstić information content (AvgIpc) is 3.37. The highest BCUT2D eigenvalue weighted by atomic mass is 16.6. The molecule has 0 radical (unpaired) electrons. The Labute approximate surface area is 255 Å². The van der Waals surface area contributed by atoms with Crippen molar-refractivity contribution >= 4 is 18.1 Å². The molecule has 1 aliphatic rings. The molecule has 0 spiro atoms. The van der Waals surface area contributed by atoms with Gasteiger partial charge in [-0.3, -0.25) is 9.69 Å². The van der Waals surface area contributed by atoms with E-state index >= 15 is 0 Å². The molecular formula is C34H46N6O3. The average molecular weight is 587 g/mol. The Morgan fingerprint density at radius 1 is 1.12 bits per heavy atom. The van der Waals surface area contributed by atoms with Crippen LogP contribution in [0.2, 0.25) is 0 Å². The fourth-order valence-electron chi connectivity index (χ4n) is 5.07. The molecule has 1 atom stereocenters. The maximum absolute atomic E-state index is 12.4. The van der Waals surface area contributed by atoms with E-state index in [0.29, 0.717) is 0 Å². The van der Waals surface area contributed by atoms with E-state index in [2.05, 4.69) is 87.2 Å². The van der Waals surface area contributed by atoms with E-state index in [-0.39, 0.29) is 18.5 Å². The zero-order valence-corrected chi connectivity index (χ0v) is 26.0. The molecule has 2 amide bonds. The van der Waals surface area contributed by atoms with E-state index in [1.165, 1.54) is 16.7 Å². The quantitative estimate of drug-likeness (QED) is 0.247. The molecule has 43 heavy (non-hydrogen) atoms. The molecule has 9 heteroatoms. The topological polar surface area (TPSA) is 128 Å². The van der Waals surface area contributed by atoms with Crippen LogP contribution in [0.1, 0.15) is 61.6 Å². The van der Waals surface area contributed by atoms with Gasteiger partial charge >= 0.3 is 6.09 Å². The van der Waals surface area contributed by atoms with Crippen molar-refractivity contribution in [2.45, 2.75) is 72.1 Å². The largest absolute Gasteiger partial charge is 0.444 e. The number of allylic oxidation sites excluding steroid dienone is 3. The first kappa shape index (κ1) is 33.1. The minimum Gasteiger partial charge on any atom is -0.444 e. The number of aryl methyl sites for hydroxylation is 2. The Balaban J connectivity index is 0.00000162. The lowest BCUT2D eigenvalue weighted by atomic mass is 9.99. The van der Waals surface area contributed by atoms with Crippen LogP contribution >= 0.6 is 0 Å². The Hall–Kier alpha value is -4.37. The molecule has 3 aromatic rings. The summed E-state index contributed by atoms with van der Waals surface area (Å²) >= 11 is 0. The number of primary amides is 1. The van der Waals surface area contributed by atoms with Gasteiger partial charge < -0.3 is 26.1 Å². The van der Waals surface area contributed by atoms with Crippen LogP contribution in [0.4, 0.5) is 4.79 Å². The van der Waals surface area contributed by atoms with Crippen LogP contribution in [-0.4, -0.2) is 51.7 Å². The van der Waals surface area contributed by atoms with Gasteiger partial charge in [0.1, 0.15) is 5.60 Å². The van der Waals surface area contributed by atoms with E-state index in [1.54, 1.807) is 6.20 Å². The van der Waals surface area contributed by atoms with Gasteiger partial charge in [0.2, 0.25) is 6.41 Å². The van der Waals surface area contributed by atoms with Crippen LogP contribution in [0.5, 0.6) is 0 Å². The van der Waals surface area contributed by atoms with Crippen LogP contribution < -0.4 is 16.8 Å². The molecule has 0 bridgehead atoms. The molecule has 1 aromatic heterocycles. The number of hydrogen-bond donors (Lipinski definition) is 3. The van der Waals surface area contributed by atoms with Crippen LogP contribution in [0.3, 0.4) is 0 Å². The number of piperidine rings is 1. The summed E-state index contributed by atoms with van der Waals surface area (Å²) in [5.74, 6) is 0. The Morgan fingerprint density at radius 2 is 1.81 bits per heavy atom. The summed E-state index contributed by atoms with van der Waals surface area (Å²) in [5.41, 5.74) is 17.5. The number of carbonyl (C=O) groups is 2. The fraction of sp³-hybridized carbons (Fsp3) is 0.382. The Morgan fingerprint density at radius 3 is 2.44 bits per heavy atom. The van der Waals surface area contributed by atoms with Gasteiger partial charge in [-0.2, -0.15) is 0 Å². The second-order valence-electron chi connectivity index (χ2n) is 11.9. The van der Waals surface area contributed by atoms with Gasteiger partial charge in [0.05, 0.1) is 12.0 Å². The smallest absolute Gasteiger partial charge is 0.407 e. The van der Waals surface area contributed by atoms with E-state index in [0.717, 1.165) is 61.4 Å². The number of ether oxygens (including phenoxy) is 1. The van der Waals surface area contributed by atoms with E-state index in [4.69, 9.17) is 15.3 Å². The Bertz CT molecular complexity index is 1400. The fourth-order valence-corrected chi connectivity index (χ4v) is 5.07. The highest BCUT2D eigenvalue weighted by molar-refractivity contribution is 5.74. The van der Waals surface area contributed by atoms with Crippen molar-refractivity contribution in [2.24, 2.45) is 11.5 Å². The van der Waals surface area contributed by atoms with Gasteiger partial charge in [-0.15, -0.1) is 0 Å². The number of imidazole rings is 1. The molecule has 9 nitrogen and oxygen atoms in total. The number of nitrogens with one attached hydrogen (secondary N) is 1. The molecule has 1 aliphatic heterocycles. The standard InChI is InChI=1S/C33H43N5O2.CH3NO/c1-24-8-11-28(12-9-24)29(14-15-34)13-10-26-17-27(19-31(18-26)38-20-25(2)35-23-38)21-37-16-6-7-30(22-37)36-32(39)40-33(3,4)5;2-1-3/h8-9,11-15,17-20,23,30H,6-7,10,16,21-22,34H2,1-5H3,(H,36,39);1H,(H2,2,3)/b15-14-,29-13+;. The van der Waals surface area contributed by atoms with Crippen molar-refractivity contribution < 1.29 is 14.3 Å². The molecule has 0 saturated carbocycles. The first-order chi connectivity index (χ1) is 20.5. The summed E-state index contributed by atoms with van der Waals surface area (Å²) in [6, 6.07) is 15.3. The molecule has 1 saturated heterocycles. The third kappa shape index (κ3) is 11.1. The summed E-state index contributed by atoms with van der Waals surface area (Å²) in [5, 5.41) is 3.07. The second kappa shape index (κ2) is 15.7. The SMILES string of the molecule is Cc1ccc(C(/C=C\N)=C/Cc2cc(CN3CCCC(NC(=O)OC(C)(C)C)C3)cc(-n3cnc(C)c3)c2)cc1.NC=O. The highest BCUT2D eigenvalue weighted by Crippen LogP contribution is 2.22. The number of nitrogens with two attached hydrogens (primary N) is 2. The number of alkyl carbamates (subject to hydrolysis) is 1. The predicted octanol–water partition coefficient (Wildman–Crippen LogP) is 5.18. The molecule has 1 unspecified atom stereocenters. The summed E-state index contributed by atoms with van der Waals surface area (Å²) in [6.45, 7) is 12.3. The predicted molar refractivity (Wildman–Crippen MR) is 172 cm³/mol. The third-order valence-corrected chi connectivity index (χ3v) is 6.90. The minimum absolute atomic E-state index is 0.0746. The van der Waals surface area contributed by atoms with E-state index in [9.17, 15) is 4.79 Å². The minimum atomic E-state index is -0.505. The third-order valence-electron chi connectivity index (χ3n) is 6.90. The lowest BCUT2D eigenvalue weighted by Gasteiger charge is -2.33. The summed E-state index contributed by atoms with van der Waals surface area (Å²) in [4.78, 5) is 27.8. The van der Waals surface area contributed by atoms with Gasteiger partial charge in [-0.1, -0.05) is 42.0 Å². The zero-order chi connectivity index (χ0) is 31.4. The lowest BCUT2D eigenvalue weighted by Crippen LogP contribution is -2.48. The lowest BCUT2D eigenvalue weighted by molar-refractivity contribution is -0.106. The summed E-state index contributed by atoms with van der Waals surface area (Å²) in [7, 11) is 0. The number of carbonyl (C=O) groups excluding carboxylic acids is 2. The van der Waals surface area contributed by atoms with E-state index in [1.807, 2.05) is 40.1 Å². The van der Waals surface area contributed by atoms with Gasteiger partial charge in [-0.25, -0.2) is 9.78 Å². The molecule has 4 rings (SSSR count). The molecule has 0 aliphatic carbocycles. The molecule has 230 valence electrons. The number of nitrogens with zero attached hydrogens (tertiary/aromatic N) is 3. The number of amides is 2. The zero-order valence-electron chi connectivity index (χ0n) is 26.0. The number of rotatable bonds is 8. The van der Waals surface area contributed by atoms with E-state index < -0.39 is 5.60 Å². The van der Waals surface area contributed by atoms with Crippen LogP contribution in [0.15, 0.2) is 73.3 Å². The van der Waals surface area contributed by atoms with Gasteiger partial charge in [0, 0.05) is 31.0 Å². The Kier molecular flexibility index (Phi) is 12.1. The monoisotopic (exact) mass is 586 g/mol. The number of likely N-dealkylation sites (tertiary alicyclic amines) is 1. The molecule has 2 heterocycles. The first-order valence-electron chi connectivity index (χ1n) is 14.7. The van der Waals surface area contributed by atoms with Crippen molar-refractivity contribution in [1.29, 1.82) is 0 Å².